The summed E-state index contributed by atoms with van der Waals surface area (Å²) in [6.45, 7) is 2.17. The van der Waals surface area contributed by atoms with E-state index in [9.17, 15) is 0 Å². The molecule has 37 heavy (non-hydrogen) atoms. The Balaban J connectivity index is 1.54. The molecule has 0 aliphatic heterocycles. The van der Waals surface area contributed by atoms with Gasteiger partial charge in [0, 0.05) is 38.8 Å². The zero-order valence-electron chi connectivity index (χ0n) is 20.6. The van der Waals surface area contributed by atoms with Crippen molar-refractivity contribution in [1.82, 2.24) is 4.57 Å². The minimum atomic E-state index is 1.09. The Morgan fingerprint density at radius 1 is 0.486 bits per heavy atom. The normalized spacial score (nSPS) is 11.4. The number of hydrogen-bond acceptors (Lipinski definition) is 1. The summed E-state index contributed by atoms with van der Waals surface area (Å²) in [6, 6.07) is 47.7. The Kier molecular flexibility index (Phi) is 5.04. The molecule has 0 radical (unpaired) electrons. The number of aryl methyl sites for hydroxylation is 1. The summed E-state index contributed by atoms with van der Waals surface area (Å²) in [5.41, 5.74) is 9.42. The van der Waals surface area contributed by atoms with Crippen molar-refractivity contribution in [3.63, 3.8) is 0 Å². The highest BCUT2D eigenvalue weighted by molar-refractivity contribution is 6.12. The minimum absolute atomic E-state index is 1.09. The molecule has 0 fully saturated rings. The average molecular weight is 475 g/mol. The minimum Gasteiger partial charge on any atom is -0.354 e. The van der Waals surface area contributed by atoms with E-state index in [-0.39, 0.29) is 0 Å². The number of para-hydroxylation sites is 2. The van der Waals surface area contributed by atoms with Gasteiger partial charge in [0.1, 0.15) is 0 Å². The van der Waals surface area contributed by atoms with Crippen LogP contribution in [0.2, 0.25) is 0 Å². The van der Waals surface area contributed by atoms with Gasteiger partial charge in [-0.3, -0.25) is 0 Å². The first-order valence-corrected chi connectivity index (χ1v) is 12.7. The van der Waals surface area contributed by atoms with Gasteiger partial charge in [-0.1, -0.05) is 97.1 Å². The van der Waals surface area contributed by atoms with Crippen LogP contribution in [0.3, 0.4) is 0 Å². The van der Waals surface area contributed by atoms with Crippen LogP contribution in [0.15, 0.2) is 133 Å². The largest absolute Gasteiger partial charge is 0.354 e. The number of anilines is 2. The predicted molar refractivity (Wildman–Crippen MR) is 158 cm³/mol. The smallest absolute Gasteiger partial charge is 0.0562 e. The topological polar surface area (TPSA) is 17.0 Å². The molecule has 1 heterocycles. The molecule has 0 saturated heterocycles. The zero-order valence-corrected chi connectivity index (χ0v) is 20.6. The molecule has 2 heteroatoms. The fourth-order valence-corrected chi connectivity index (χ4v) is 5.53. The summed E-state index contributed by atoms with van der Waals surface area (Å²) in [7, 11) is 0. The number of benzene rings is 6. The predicted octanol–water partition coefficient (Wildman–Crippen LogP) is 9.66. The molecule has 0 aliphatic rings. The SMILES string of the molecule is Cc1ccc(Nc2cc3c(cc2-c2ccccc2)c2ccccc2n3-c2ccccc2)c2ccccc12. The first-order valence-electron chi connectivity index (χ1n) is 12.7. The number of nitrogens with one attached hydrogen (secondary N) is 1. The number of rotatable bonds is 4. The van der Waals surface area contributed by atoms with E-state index in [1.807, 2.05) is 0 Å². The standard InChI is InChI=1S/C35H26N2/c1-24-20-21-32(28-17-9-8-16-27(24)28)36-33-23-35-31(22-30(33)25-12-4-2-5-13-25)29-18-10-11-19-34(29)37(35)26-14-6-3-7-15-26/h2-23,36H,1H3. The fourth-order valence-electron chi connectivity index (χ4n) is 5.53. The second-order valence-electron chi connectivity index (χ2n) is 9.57. The molecule has 0 bridgehead atoms. The van der Waals surface area contributed by atoms with E-state index < -0.39 is 0 Å². The molecule has 0 unspecified atom stereocenters. The van der Waals surface area contributed by atoms with E-state index in [0.29, 0.717) is 0 Å². The highest BCUT2D eigenvalue weighted by atomic mass is 15.0. The van der Waals surface area contributed by atoms with Gasteiger partial charge in [0.05, 0.1) is 11.0 Å². The summed E-state index contributed by atoms with van der Waals surface area (Å²) in [5, 5.41) is 8.84. The van der Waals surface area contributed by atoms with E-state index >= 15 is 0 Å². The van der Waals surface area contributed by atoms with Gasteiger partial charge in [0.2, 0.25) is 0 Å². The molecule has 7 rings (SSSR count). The van der Waals surface area contributed by atoms with Crippen molar-refractivity contribution in [2.45, 2.75) is 6.92 Å². The summed E-state index contributed by atoms with van der Waals surface area (Å²) < 4.78 is 2.37. The van der Waals surface area contributed by atoms with E-state index in [2.05, 4.69) is 150 Å². The first-order chi connectivity index (χ1) is 18.3. The van der Waals surface area contributed by atoms with Crippen LogP contribution in [0, 0.1) is 6.92 Å². The Hall–Kier alpha value is -4.82. The molecule has 6 aromatic carbocycles. The lowest BCUT2D eigenvalue weighted by molar-refractivity contribution is 1.18. The number of hydrogen-bond donors (Lipinski definition) is 1. The first kappa shape index (κ1) is 21.5. The van der Waals surface area contributed by atoms with Crippen LogP contribution in [0.4, 0.5) is 11.4 Å². The number of nitrogens with zero attached hydrogens (tertiary/aromatic N) is 1. The van der Waals surface area contributed by atoms with Crippen LogP contribution in [0.5, 0.6) is 0 Å². The Morgan fingerprint density at radius 3 is 1.92 bits per heavy atom. The molecule has 0 saturated carbocycles. The maximum atomic E-state index is 3.84. The lowest BCUT2D eigenvalue weighted by atomic mass is 9.99. The van der Waals surface area contributed by atoms with Crippen LogP contribution in [0.1, 0.15) is 5.56 Å². The van der Waals surface area contributed by atoms with Crippen LogP contribution in [-0.4, -0.2) is 4.57 Å². The third-order valence-electron chi connectivity index (χ3n) is 7.32. The molecule has 1 aromatic heterocycles. The van der Waals surface area contributed by atoms with Crippen molar-refractivity contribution < 1.29 is 0 Å². The molecule has 0 atom stereocenters. The van der Waals surface area contributed by atoms with Crippen LogP contribution < -0.4 is 5.32 Å². The molecular weight excluding hydrogens is 448 g/mol. The van der Waals surface area contributed by atoms with Gasteiger partial charge in [-0.05, 0) is 59.8 Å². The van der Waals surface area contributed by atoms with Gasteiger partial charge < -0.3 is 9.88 Å². The summed E-state index contributed by atoms with van der Waals surface area (Å²) in [4.78, 5) is 0. The van der Waals surface area contributed by atoms with Crippen molar-refractivity contribution in [3.05, 3.63) is 139 Å². The second kappa shape index (κ2) is 8.69. The lowest BCUT2D eigenvalue weighted by Crippen LogP contribution is -1.98. The average Bonchev–Trinajstić information content (AvgIpc) is 3.28. The number of fused-ring (bicyclic) bond motifs is 4. The summed E-state index contributed by atoms with van der Waals surface area (Å²) in [5.74, 6) is 0. The van der Waals surface area contributed by atoms with Gasteiger partial charge in [-0.25, -0.2) is 0 Å². The van der Waals surface area contributed by atoms with Crippen molar-refractivity contribution in [2.75, 3.05) is 5.32 Å². The van der Waals surface area contributed by atoms with Gasteiger partial charge in [-0.2, -0.15) is 0 Å². The molecule has 1 N–H and O–H groups in total. The van der Waals surface area contributed by atoms with E-state index in [4.69, 9.17) is 0 Å². The molecule has 7 aromatic rings. The van der Waals surface area contributed by atoms with E-state index in [1.165, 1.54) is 49.3 Å². The van der Waals surface area contributed by atoms with Gasteiger partial charge in [0.15, 0.2) is 0 Å². The van der Waals surface area contributed by atoms with Crippen LogP contribution in [-0.2, 0) is 0 Å². The summed E-state index contributed by atoms with van der Waals surface area (Å²) >= 11 is 0. The molecule has 0 aliphatic carbocycles. The van der Waals surface area contributed by atoms with Gasteiger partial charge in [-0.15, -0.1) is 0 Å². The van der Waals surface area contributed by atoms with E-state index in [0.717, 1.165) is 17.1 Å². The Bertz CT molecular complexity index is 1900. The zero-order chi connectivity index (χ0) is 24.8. The van der Waals surface area contributed by atoms with Gasteiger partial charge in [0.25, 0.3) is 0 Å². The third-order valence-corrected chi connectivity index (χ3v) is 7.32. The molecule has 176 valence electrons. The van der Waals surface area contributed by atoms with Crippen LogP contribution >= 0.6 is 0 Å². The fraction of sp³-hybridized carbons (Fsp3) is 0.0286. The monoisotopic (exact) mass is 474 g/mol. The third kappa shape index (κ3) is 3.57. The highest BCUT2D eigenvalue weighted by Gasteiger charge is 2.17. The number of aromatic nitrogens is 1. The maximum absolute atomic E-state index is 3.84. The molecule has 2 nitrogen and oxygen atoms in total. The molecular formula is C35H26N2. The molecule has 0 spiro atoms. The quantitative estimate of drug-likeness (QED) is 0.269. The van der Waals surface area contributed by atoms with Crippen molar-refractivity contribution in [1.29, 1.82) is 0 Å². The Morgan fingerprint density at radius 2 is 1.14 bits per heavy atom. The lowest BCUT2D eigenvalue weighted by Gasteiger charge is -2.17. The second-order valence-corrected chi connectivity index (χ2v) is 9.57. The highest BCUT2D eigenvalue weighted by Crippen LogP contribution is 2.41. The van der Waals surface area contributed by atoms with Crippen molar-refractivity contribution >= 4 is 44.0 Å². The maximum Gasteiger partial charge on any atom is 0.0562 e. The molecule has 0 amide bonds. The Labute approximate surface area is 216 Å². The van der Waals surface area contributed by atoms with Gasteiger partial charge >= 0.3 is 0 Å². The van der Waals surface area contributed by atoms with Crippen molar-refractivity contribution in [2.24, 2.45) is 0 Å². The van der Waals surface area contributed by atoms with Crippen LogP contribution in [0.25, 0.3) is 49.4 Å². The van der Waals surface area contributed by atoms with E-state index in [1.54, 1.807) is 0 Å². The summed E-state index contributed by atoms with van der Waals surface area (Å²) in [6.07, 6.45) is 0. The van der Waals surface area contributed by atoms with Crippen molar-refractivity contribution in [3.8, 4) is 16.8 Å².